The summed E-state index contributed by atoms with van der Waals surface area (Å²) < 4.78 is 10.8. The van der Waals surface area contributed by atoms with Crippen LogP contribution in [0.5, 0.6) is 6.08 Å². The zero-order valence-corrected chi connectivity index (χ0v) is 12.3. The molecule has 19 heavy (non-hydrogen) atoms. The average Bonchev–Trinajstić information content (AvgIpc) is 2.97. The molecule has 2 aromatic heterocycles. The lowest BCUT2D eigenvalue weighted by molar-refractivity contribution is 0.233. The predicted molar refractivity (Wildman–Crippen MR) is 74.5 cm³/mol. The van der Waals surface area contributed by atoms with E-state index in [1.165, 1.54) is 4.88 Å². The molecule has 0 unspecified atom stereocenters. The Bertz CT molecular complexity index is 507. The van der Waals surface area contributed by atoms with Crippen molar-refractivity contribution in [2.45, 2.75) is 39.8 Å². The first-order valence-electron chi connectivity index (χ1n) is 6.34. The van der Waals surface area contributed by atoms with E-state index in [4.69, 9.17) is 9.15 Å². The van der Waals surface area contributed by atoms with Crippen LogP contribution < -0.4 is 10.1 Å². The van der Waals surface area contributed by atoms with Gasteiger partial charge in [0, 0.05) is 23.9 Å². The van der Waals surface area contributed by atoms with E-state index in [2.05, 4.69) is 29.1 Å². The molecule has 0 fully saturated rings. The van der Waals surface area contributed by atoms with Gasteiger partial charge in [0.15, 0.2) is 0 Å². The quantitative estimate of drug-likeness (QED) is 0.845. The smallest absolute Gasteiger partial charge is 0.393 e. The number of nitrogens with zero attached hydrogens (tertiary/aromatic N) is 2. The number of aromatic nitrogens is 2. The lowest BCUT2D eigenvalue weighted by Crippen LogP contribution is -2.21. The van der Waals surface area contributed by atoms with E-state index in [1.807, 2.05) is 12.4 Å². The van der Waals surface area contributed by atoms with E-state index in [-0.39, 0.29) is 0 Å². The minimum atomic E-state index is 0.336. The van der Waals surface area contributed by atoms with E-state index in [1.54, 1.807) is 17.6 Å². The summed E-state index contributed by atoms with van der Waals surface area (Å²) in [6, 6.07) is 0.426. The number of nitrogens with one attached hydrogen (secondary N) is 1. The topological polar surface area (TPSA) is 60.2 Å². The van der Waals surface area contributed by atoms with Gasteiger partial charge in [0.25, 0.3) is 0 Å². The number of rotatable bonds is 7. The largest absolute Gasteiger partial charge is 0.450 e. The SMILES string of the molecule is Cc1ncsc1CCOc1nc(CNC(C)C)co1. The van der Waals surface area contributed by atoms with Crippen LogP contribution in [0.4, 0.5) is 0 Å². The third kappa shape index (κ3) is 4.33. The van der Waals surface area contributed by atoms with Gasteiger partial charge in [-0.2, -0.15) is 4.98 Å². The minimum Gasteiger partial charge on any atom is -0.450 e. The molecule has 1 N–H and O–H groups in total. The van der Waals surface area contributed by atoms with Gasteiger partial charge in [0.1, 0.15) is 6.26 Å². The normalized spacial score (nSPS) is 11.2. The molecule has 0 atom stereocenters. The fourth-order valence-corrected chi connectivity index (χ4v) is 2.30. The number of hydrogen-bond donors (Lipinski definition) is 1. The zero-order chi connectivity index (χ0) is 13.7. The zero-order valence-electron chi connectivity index (χ0n) is 11.5. The maximum Gasteiger partial charge on any atom is 0.393 e. The highest BCUT2D eigenvalue weighted by Crippen LogP contribution is 2.14. The monoisotopic (exact) mass is 281 g/mol. The summed E-state index contributed by atoms with van der Waals surface area (Å²) in [5.41, 5.74) is 3.78. The Hall–Kier alpha value is -1.40. The molecule has 0 saturated carbocycles. The summed E-state index contributed by atoms with van der Waals surface area (Å²) in [6.45, 7) is 7.44. The van der Waals surface area contributed by atoms with Crippen molar-refractivity contribution in [2.24, 2.45) is 0 Å². The van der Waals surface area contributed by atoms with Crippen molar-refractivity contribution in [1.29, 1.82) is 0 Å². The molecule has 2 aromatic rings. The second-order valence-electron chi connectivity index (χ2n) is 4.60. The molecule has 0 saturated heterocycles. The number of aryl methyl sites for hydroxylation is 1. The Morgan fingerprint density at radius 1 is 1.47 bits per heavy atom. The molecule has 0 aromatic carbocycles. The Labute approximate surface area is 117 Å². The van der Waals surface area contributed by atoms with Crippen molar-refractivity contribution < 1.29 is 9.15 Å². The van der Waals surface area contributed by atoms with Gasteiger partial charge < -0.3 is 14.5 Å². The van der Waals surface area contributed by atoms with Crippen LogP contribution in [0.3, 0.4) is 0 Å². The van der Waals surface area contributed by atoms with Gasteiger partial charge in [-0.25, -0.2) is 4.98 Å². The van der Waals surface area contributed by atoms with Gasteiger partial charge in [-0.3, -0.25) is 0 Å². The molecular weight excluding hydrogens is 262 g/mol. The third-order valence-corrected chi connectivity index (χ3v) is 3.62. The van der Waals surface area contributed by atoms with Gasteiger partial charge in [0.2, 0.25) is 0 Å². The second kappa shape index (κ2) is 6.68. The standard InChI is InChI=1S/C13H19N3O2S/c1-9(2)14-6-11-7-18-13(16-11)17-5-4-12-10(3)15-8-19-12/h7-9,14H,4-6H2,1-3H3. The molecule has 5 nitrogen and oxygen atoms in total. The summed E-state index contributed by atoms with van der Waals surface area (Å²) in [6.07, 6.45) is 2.80. The fourth-order valence-electron chi connectivity index (χ4n) is 1.54. The third-order valence-electron chi connectivity index (χ3n) is 2.62. The van der Waals surface area contributed by atoms with Crippen molar-refractivity contribution in [3.8, 4) is 6.08 Å². The van der Waals surface area contributed by atoms with E-state index in [0.717, 1.165) is 17.8 Å². The molecule has 2 rings (SSSR count). The summed E-state index contributed by atoms with van der Waals surface area (Å²) in [4.78, 5) is 9.71. The first-order chi connectivity index (χ1) is 9.15. The van der Waals surface area contributed by atoms with E-state index in [0.29, 0.717) is 25.3 Å². The van der Waals surface area contributed by atoms with Gasteiger partial charge >= 0.3 is 6.08 Å². The molecule has 0 radical (unpaired) electrons. The van der Waals surface area contributed by atoms with Gasteiger partial charge in [-0.1, -0.05) is 13.8 Å². The van der Waals surface area contributed by atoms with Crippen molar-refractivity contribution in [2.75, 3.05) is 6.61 Å². The fraction of sp³-hybridized carbons (Fsp3) is 0.538. The lowest BCUT2D eigenvalue weighted by atomic mass is 10.3. The molecule has 0 aliphatic heterocycles. The van der Waals surface area contributed by atoms with Crippen molar-refractivity contribution >= 4 is 11.3 Å². The Morgan fingerprint density at radius 3 is 3.00 bits per heavy atom. The molecule has 0 aliphatic carbocycles. The summed E-state index contributed by atoms with van der Waals surface area (Å²) in [5.74, 6) is 0. The van der Waals surface area contributed by atoms with E-state index >= 15 is 0 Å². The van der Waals surface area contributed by atoms with Crippen LogP contribution in [0.25, 0.3) is 0 Å². The molecule has 6 heteroatoms. The van der Waals surface area contributed by atoms with Crippen molar-refractivity contribution in [3.05, 3.63) is 28.0 Å². The molecule has 0 spiro atoms. The van der Waals surface area contributed by atoms with Crippen LogP contribution in [-0.4, -0.2) is 22.6 Å². The van der Waals surface area contributed by atoms with Crippen LogP contribution >= 0.6 is 11.3 Å². The van der Waals surface area contributed by atoms with Crippen LogP contribution in [-0.2, 0) is 13.0 Å². The highest BCUT2D eigenvalue weighted by molar-refractivity contribution is 7.09. The number of oxazole rings is 1. The van der Waals surface area contributed by atoms with Gasteiger partial charge in [0.05, 0.1) is 23.5 Å². The van der Waals surface area contributed by atoms with E-state index in [9.17, 15) is 0 Å². The average molecular weight is 281 g/mol. The molecule has 104 valence electrons. The second-order valence-corrected chi connectivity index (χ2v) is 5.54. The van der Waals surface area contributed by atoms with Gasteiger partial charge in [-0.15, -0.1) is 11.3 Å². The van der Waals surface area contributed by atoms with Crippen molar-refractivity contribution in [1.82, 2.24) is 15.3 Å². The summed E-state index contributed by atoms with van der Waals surface area (Å²) in [5, 5.41) is 3.28. The highest BCUT2D eigenvalue weighted by Gasteiger charge is 2.07. The van der Waals surface area contributed by atoms with Crippen LogP contribution in [0, 0.1) is 6.92 Å². The first-order valence-corrected chi connectivity index (χ1v) is 7.22. The van der Waals surface area contributed by atoms with Crippen LogP contribution in [0.1, 0.15) is 30.1 Å². The summed E-state index contributed by atoms with van der Waals surface area (Å²) in [7, 11) is 0. The first kappa shape index (κ1) is 14.0. The number of thiazole rings is 1. The van der Waals surface area contributed by atoms with Crippen molar-refractivity contribution in [3.63, 3.8) is 0 Å². The predicted octanol–water partition coefficient (Wildman–Crippen LogP) is 2.56. The van der Waals surface area contributed by atoms with Crippen LogP contribution in [0.2, 0.25) is 0 Å². The lowest BCUT2D eigenvalue weighted by Gasteiger charge is -2.04. The number of ether oxygens (including phenoxy) is 1. The Balaban J connectivity index is 1.76. The summed E-state index contributed by atoms with van der Waals surface area (Å²) >= 11 is 1.65. The maximum absolute atomic E-state index is 5.50. The molecule has 0 amide bonds. The highest BCUT2D eigenvalue weighted by atomic mass is 32.1. The molecule has 2 heterocycles. The number of hydrogen-bond acceptors (Lipinski definition) is 6. The van der Waals surface area contributed by atoms with Gasteiger partial charge in [-0.05, 0) is 6.92 Å². The Morgan fingerprint density at radius 2 is 2.32 bits per heavy atom. The van der Waals surface area contributed by atoms with Crippen LogP contribution in [0.15, 0.2) is 16.2 Å². The van der Waals surface area contributed by atoms with E-state index < -0.39 is 0 Å². The maximum atomic E-state index is 5.50. The molecule has 0 aliphatic rings. The molecule has 0 bridgehead atoms. The molecular formula is C13H19N3O2S. The Kier molecular flexibility index (Phi) is 4.93. The minimum absolute atomic E-state index is 0.336.